The second-order valence-electron chi connectivity index (χ2n) is 4.33. The largest absolute Gasteiger partial charge is 0.443 e. The molecule has 0 bridgehead atoms. The van der Waals surface area contributed by atoms with Crippen molar-refractivity contribution in [1.82, 2.24) is 14.5 Å². The predicted octanol–water partition coefficient (Wildman–Crippen LogP) is -1.93. The van der Waals surface area contributed by atoms with E-state index in [9.17, 15) is 28.8 Å². The molecule has 0 spiro atoms. The van der Waals surface area contributed by atoms with Gasteiger partial charge in [0.1, 0.15) is 0 Å². The summed E-state index contributed by atoms with van der Waals surface area (Å²) in [7, 11) is 0. The maximum atomic E-state index is 11.8. The molecule has 12 nitrogen and oxygen atoms in total. The number of hydrogen-bond acceptors (Lipinski definition) is 9. The number of nitrogens with zero attached hydrogens (tertiary/aromatic N) is 1. The molecule has 2 N–H and O–H groups in total. The zero-order valence-corrected chi connectivity index (χ0v) is 13.2. The number of esters is 3. The second-order valence-corrected chi connectivity index (χ2v) is 4.33. The number of aromatic nitrogens is 3. The van der Waals surface area contributed by atoms with E-state index in [0.717, 1.165) is 0 Å². The highest BCUT2D eigenvalue weighted by Gasteiger charge is 2.44. The Morgan fingerprint density at radius 1 is 0.846 bits per heavy atom. The first kappa shape index (κ1) is 20.1. The van der Waals surface area contributed by atoms with Crippen molar-refractivity contribution in [3.8, 4) is 0 Å². The lowest BCUT2D eigenvalue weighted by Gasteiger charge is -2.30. The highest BCUT2D eigenvalue weighted by atomic mass is 16.9. The summed E-state index contributed by atoms with van der Waals surface area (Å²) >= 11 is 0. The zero-order chi connectivity index (χ0) is 19.9. The Balaban J connectivity index is 3.55. The molecule has 0 fully saturated rings. The van der Waals surface area contributed by atoms with Crippen molar-refractivity contribution in [2.45, 2.75) is 12.5 Å². The fourth-order valence-electron chi connectivity index (χ4n) is 1.53. The lowest BCUT2D eigenvalue weighted by molar-refractivity contribution is -0.330. The van der Waals surface area contributed by atoms with Gasteiger partial charge in [0.05, 0.1) is 0 Å². The number of H-pyrrole nitrogens is 2. The molecular formula is C14H13N3O9. The fourth-order valence-corrected chi connectivity index (χ4v) is 1.53. The number of aromatic amines is 2. The van der Waals surface area contributed by atoms with E-state index in [1.165, 1.54) is 0 Å². The summed E-state index contributed by atoms with van der Waals surface area (Å²) in [4.78, 5) is 72.9. The second kappa shape index (κ2) is 8.23. The Bertz CT molecular complexity index is 845. The van der Waals surface area contributed by atoms with Crippen LogP contribution in [0.2, 0.25) is 0 Å². The Labute approximate surface area is 144 Å². The van der Waals surface area contributed by atoms with Crippen LogP contribution in [0.3, 0.4) is 0 Å². The third-order valence-corrected chi connectivity index (χ3v) is 2.55. The summed E-state index contributed by atoms with van der Waals surface area (Å²) in [5, 5.41) is 0. The Hall–Kier alpha value is -3.96. The molecule has 0 aliphatic heterocycles. The predicted molar refractivity (Wildman–Crippen MR) is 83.5 cm³/mol. The highest BCUT2D eigenvalue weighted by Crippen LogP contribution is 2.19. The maximum Gasteiger partial charge on any atom is 0.443 e. The minimum absolute atomic E-state index is 0.254. The molecule has 1 heterocycles. The van der Waals surface area contributed by atoms with Crippen LogP contribution >= 0.6 is 0 Å². The number of carbonyl (C=O) groups is 3. The molecule has 0 radical (unpaired) electrons. The molecule has 0 atom stereocenters. The zero-order valence-electron chi connectivity index (χ0n) is 13.2. The highest BCUT2D eigenvalue weighted by molar-refractivity contribution is 5.85. The van der Waals surface area contributed by atoms with Gasteiger partial charge in [-0.3, -0.25) is 9.97 Å². The molecule has 0 amide bonds. The quantitative estimate of drug-likeness (QED) is 0.302. The van der Waals surface area contributed by atoms with Crippen molar-refractivity contribution >= 4 is 17.9 Å². The van der Waals surface area contributed by atoms with Crippen molar-refractivity contribution in [3.05, 3.63) is 69.4 Å². The van der Waals surface area contributed by atoms with E-state index in [2.05, 4.69) is 19.7 Å². The lowest BCUT2D eigenvalue weighted by atomic mass is 10.4. The van der Waals surface area contributed by atoms with E-state index in [1.54, 1.807) is 9.97 Å². The molecule has 0 aliphatic rings. The Kier molecular flexibility index (Phi) is 6.36. The van der Waals surface area contributed by atoms with Crippen LogP contribution in [-0.4, -0.2) is 38.4 Å². The number of ether oxygens (including phenoxy) is 3. The molecule has 1 aromatic heterocycles. The number of rotatable bonds is 8. The van der Waals surface area contributed by atoms with Crippen LogP contribution in [0.15, 0.2) is 52.3 Å². The van der Waals surface area contributed by atoms with E-state index >= 15 is 0 Å². The van der Waals surface area contributed by atoms with Crippen molar-refractivity contribution in [3.63, 3.8) is 0 Å². The summed E-state index contributed by atoms with van der Waals surface area (Å²) < 4.78 is 14.5. The standard InChI is InChI=1S/C14H13N3O9/c1-4-8(18)24-14(25-9(19)5-2,26-10(20)6-3)7-17-12(22)15-11(21)16-13(17)23/h4-6H,1-3,7H2,(H2,15,16,21,22,23). The molecule has 1 rings (SSSR count). The summed E-state index contributed by atoms with van der Waals surface area (Å²) in [6.45, 7) is 8.24. The normalized spacial score (nSPS) is 10.3. The van der Waals surface area contributed by atoms with Gasteiger partial charge in [-0.15, -0.1) is 0 Å². The van der Waals surface area contributed by atoms with Crippen LogP contribution < -0.4 is 17.1 Å². The molecule has 138 valence electrons. The first-order valence-electron chi connectivity index (χ1n) is 6.66. The lowest BCUT2D eigenvalue weighted by Crippen LogP contribution is -2.53. The summed E-state index contributed by atoms with van der Waals surface area (Å²) in [5.74, 6) is -6.58. The van der Waals surface area contributed by atoms with E-state index in [-0.39, 0.29) is 4.57 Å². The SMILES string of the molecule is C=CC(=O)OC(Cn1c(=O)[nH]c(=O)[nH]c1=O)(OC(=O)C=C)OC(=O)C=C. The Morgan fingerprint density at radius 3 is 1.50 bits per heavy atom. The van der Waals surface area contributed by atoms with Gasteiger partial charge in [0.25, 0.3) is 0 Å². The fraction of sp³-hybridized carbons (Fsp3) is 0.143. The van der Waals surface area contributed by atoms with Crippen LogP contribution in [-0.2, 0) is 35.1 Å². The van der Waals surface area contributed by atoms with Crippen LogP contribution in [0.25, 0.3) is 0 Å². The molecule has 0 unspecified atom stereocenters. The topological polar surface area (TPSA) is 167 Å². The average molecular weight is 367 g/mol. The van der Waals surface area contributed by atoms with Crippen LogP contribution in [0.5, 0.6) is 0 Å². The number of carbonyl (C=O) groups excluding carboxylic acids is 3. The van der Waals surface area contributed by atoms with Gasteiger partial charge < -0.3 is 14.2 Å². The van der Waals surface area contributed by atoms with Crippen molar-refractivity contribution in [2.75, 3.05) is 0 Å². The molecule has 0 aliphatic carbocycles. The molecule has 0 saturated carbocycles. The monoisotopic (exact) mass is 367 g/mol. The molecule has 0 aromatic carbocycles. The van der Waals surface area contributed by atoms with E-state index in [4.69, 9.17) is 14.2 Å². The van der Waals surface area contributed by atoms with E-state index in [0.29, 0.717) is 18.2 Å². The van der Waals surface area contributed by atoms with Crippen molar-refractivity contribution in [2.24, 2.45) is 0 Å². The van der Waals surface area contributed by atoms with Gasteiger partial charge in [-0.1, -0.05) is 19.7 Å². The molecule has 1 aromatic rings. The van der Waals surface area contributed by atoms with Gasteiger partial charge in [-0.2, -0.15) is 0 Å². The summed E-state index contributed by atoms with van der Waals surface area (Å²) in [6, 6.07) is 0. The minimum atomic E-state index is -2.89. The summed E-state index contributed by atoms with van der Waals surface area (Å²) in [5.41, 5.74) is -3.64. The maximum absolute atomic E-state index is 11.8. The Morgan fingerprint density at radius 2 is 1.19 bits per heavy atom. The van der Waals surface area contributed by atoms with Gasteiger partial charge in [0.2, 0.25) is 0 Å². The first-order chi connectivity index (χ1) is 12.2. The van der Waals surface area contributed by atoms with Crippen molar-refractivity contribution in [1.29, 1.82) is 0 Å². The molecular weight excluding hydrogens is 354 g/mol. The number of nitrogens with one attached hydrogen (secondary N) is 2. The van der Waals surface area contributed by atoms with Crippen LogP contribution in [0.4, 0.5) is 0 Å². The third-order valence-electron chi connectivity index (χ3n) is 2.55. The summed E-state index contributed by atoms with van der Waals surface area (Å²) in [6.07, 6.45) is 1.91. The smallest absolute Gasteiger partial charge is 0.383 e. The van der Waals surface area contributed by atoms with E-state index < -0.39 is 47.5 Å². The van der Waals surface area contributed by atoms with E-state index in [1.807, 2.05) is 0 Å². The van der Waals surface area contributed by atoms with Gasteiger partial charge in [0.15, 0.2) is 6.54 Å². The third kappa shape index (κ3) is 5.02. The van der Waals surface area contributed by atoms with Gasteiger partial charge in [-0.05, 0) is 0 Å². The van der Waals surface area contributed by atoms with Crippen LogP contribution in [0.1, 0.15) is 0 Å². The van der Waals surface area contributed by atoms with Gasteiger partial charge >= 0.3 is 41.0 Å². The van der Waals surface area contributed by atoms with Crippen molar-refractivity contribution < 1.29 is 28.6 Å². The molecule has 0 saturated heterocycles. The molecule has 26 heavy (non-hydrogen) atoms. The number of hydrogen-bond donors (Lipinski definition) is 2. The first-order valence-corrected chi connectivity index (χ1v) is 6.66. The van der Waals surface area contributed by atoms with Crippen LogP contribution in [0, 0.1) is 0 Å². The minimum Gasteiger partial charge on any atom is -0.383 e. The molecule has 12 heteroatoms. The average Bonchev–Trinajstić information content (AvgIpc) is 2.57. The van der Waals surface area contributed by atoms with Gasteiger partial charge in [0, 0.05) is 18.2 Å². The van der Waals surface area contributed by atoms with Gasteiger partial charge in [-0.25, -0.2) is 33.3 Å².